The van der Waals surface area contributed by atoms with E-state index in [1.54, 1.807) is 0 Å². The van der Waals surface area contributed by atoms with Crippen LogP contribution in [-0.2, 0) is 0 Å². The molecular weight excluding hydrogens is 376 g/mol. The molecule has 4 heterocycles. The van der Waals surface area contributed by atoms with Crippen molar-refractivity contribution in [2.45, 2.75) is 51.7 Å². The molecule has 1 saturated carbocycles. The minimum Gasteiger partial charge on any atom is -0.350 e. The molecule has 0 atom stereocenters. The number of pyridine rings is 1. The van der Waals surface area contributed by atoms with Gasteiger partial charge in [-0.1, -0.05) is 0 Å². The number of hydrogen-bond donors (Lipinski definition) is 1. The first-order chi connectivity index (χ1) is 14.4. The van der Waals surface area contributed by atoms with Gasteiger partial charge in [-0.05, 0) is 59.8 Å². The molecule has 0 amide bonds. The smallest absolute Gasteiger partial charge is 0.241 e. The Kier molecular flexibility index (Phi) is 4.47. The van der Waals surface area contributed by atoms with Gasteiger partial charge in [0.05, 0.1) is 17.2 Å². The number of anilines is 1. The quantitative estimate of drug-likeness (QED) is 0.548. The molecule has 8 nitrogen and oxygen atoms in total. The monoisotopic (exact) mass is 404 g/mol. The standard InChI is InChI=1S/C22H28N8/c1-13(2)30-14(3)25-21-19(30)8-15(11-23-21)18-6-7-29-20(18)12-24-22(27-29)26-16-9-17(10-16)28(4)5/h6-8,11-13,16-17H,9-10H2,1-5H3,(H,26,27). The molecule has 0 unspecified atom stereocenters. The number of aryl methyl sites for hydroxylation is 1. The Morgan fingerprint density at radius 3 is 2.67 bits per heavy atom. The van der Waals surface area contributed by atoms with Crippen LogP contribution in [0.15, 0.2) is 30.7 Å². The Bertz CT molecular complexity index is 1210. The number of fused-ring (bicyclic) bond motifs is 2. The Hall–Kier alpha value is -3.00. The molecule has 156 valence electrons. The lowest BCUT2D eigenvalue weighted by Crippen LogP contribution is -2.47. The first-order valence-corrected chi connectivity index (χ1v) is 10.5. The number of nitrogens with zero attached hydrogens (tertiary/aromatic N) is 7. The van der Waals surface area contributed by atoms with Gasteiger partial charge in [0.25, 0.3) is 0 Å². The van der Waals surface area contributed by atoms with E-state index in [1.807, 2.05) is 30.0 Å². The molecule has 0 radical (unpaired) electrons. The fourth-order valence-electron chi connectivity index (χ4n) is 4.41. The van der Waals surface area contributed by atoms with Crippen LogP contribution in [0.4, 0.5) is 5.95 Å². The maximum absolute atomic E-state index is 4.67. The highest BCUT2D eigenvalue weighted by Gasteiger charge is 2.31. The molecule has 0 bridgehead atoms. The number of rotatable bonds is 5. The normalized spacial score (nSPS) is 19.2. The third kappa shape index (κ3) is 3.11. The van der Waals surface area contributed by atoms with E-state index < -0.39 is 0 Å². The summed E-state index contributed by atoms with van der Waals surface area (Å²) in [5.74, 6) is 1.66. The van der Waals surface area contributed by atoms with Crippen molar-refractivity contribution in [1.82, 2.24) is 34.0 Å². The average molecular weight is 405 g/mol. The molecule has 0 aromatic carbocycles. The molecular formula is C22H28N8. The number of aromatic nitrogens is 6. The van der Waals surface area contributed by atoms with Gasteiger partial charge in [-0.2, -0.15) is 0 Å². The van der Waals surface area contributed by atoms with Crippen LogP contribution in [0, 0.1) is 6.92 Å². The summed E-state index contributed by atoms with van der Waals surface area (Å²) < 4.78 is 4.12. The zero-order valence-corrected chi connectivity index (χ0v) is 18.2. The summed E-state index contributed by atoms with van der Waals surface area (Å²) in [6, 6.07) is 5.66. The van der Waals surface area contributed by atoms with Crippen molar-refractivity contribution in [2.75, 3.05) is 19.4 Å². The maximum atomic E-state index is 4.67. The largest absolute Gasteiger partial charge is 0.350 e. The highest BCUT2D eigenvalue weighted by Crippen LogP contribution is 2.30. The minimum atomic E-state index is 0.327. The van der Waals surface area contributed by atoms with Gasteiger partial charge in [0.1, 0.15) is 5.82 Å². The molecule has 1 aliphatic carbocycles. The Morgan fingerprint density at radius 2 is 1.93 bits per heavy atom. The molecule has 8 heteroatoms. The zero-order valence-electron chi connectivity index (χ0n) is 18.2. The Labute approximate surface area is 176 Å². The van der Waals surface area contributed by atoms with Crippen LogP contribution in [0.25, 0.3) is 27.8 Å². The van der Waals surface area contributed by atoms with E-state index in [0.29, 0.717) is 24.1 Å². The molecule has 1 fully saturated rings. The van der Waals surface area contributed by atoms with Crippen molar-refractivity contribution < 1.29 is 0 Å². The highest BCUT2D eigenvalue weighted by molar-refractivity contribution is 5.85. The van der Waals surface area contributed by atoms with Crippen molar-refractivity contribution in [2.24, 2.45) is 0 Å². The van der Waals surface area contributed by atoms with Crippen LogP contribution in [-0.4, -0.2) is 60.2 Å². The molecule has 0 aliphatic heterocycles. The van der Waals surface area contributed by atoms with Gasteiger partial charge in [0.2, 0.25) is 5.95 Å². The Balaban J connectivity index is 1.45. The first kappa shape index (κ1) is 19.0. The summed E-state index contributed by atoms with van der Waals surface area (Å²) >= 11 is 0. The predicted molar refractivity (Wildman–Crippen MR) is 119 cm³/mol. The van der Waals surface area contributed by atoms with Crippen molar-refractivity contribution in [3.05, 3.63) is 36.5 Å². The van der Waals surface area contributed by atoms with Crippen molar-refractivity contribution in [3.8, 4) is 11.1 Å². The highest BCUT2D eigenvalue weighted by atomic mass is 15.3. The minimum absolute atomic E-state index is 0.327. The molecule has 4 aromatic heterocycles. The van der Waals surface area contributed by atoms with Crippen LogP contribution in [0.5, 0.6) is 0 Å². The summed E-state index contributed by atoms with van der Waals surface area (Å²) in [5, 5.41) is 8.13. The summed E-state index contributed by atoms with van der Waals surface area (Å²) in [5.41, 5.74) is 4.92. The molecule has 0 spiro atoms. The number of nitrogens with one attached hydrogen (secondary N) is 1. The molecule has 4 aromatic rings. The van der Waals surface area contributed by atoms with Gasteiger partial charge in [-0.15, -0.1) is 5.10 Å². The van der Waals surface area contributed by atoms with Crippen LogP contribution in [0.3, 0.4) is 0 Å². The Morgan fingerprint density at radius 1 is 1.13 bits per heavy atom. The van der Waals surface area contributed by atoms with Gasteiger partial charge in [-0.25, -0.2) is 19.5 Å². The predicted octanol–water partition coefficient (Wildman–Crippen LogP) is 3.53. The van der Waals surface area contributed by atoms with E-state index in [9.17, 15) is 0 Å². The first-order valence-electron chi connectivity index (χ1n) is 10.5. The molecule has 0 saturated heterocycles. The van der Waals surface area contributed by atoms with Gasteiger partial charge < -0.3 is 14.8 Å². The lowest BCUT2D eigenvalue weighted by molar-refractivity contribution is 0.177. The third-order valence-electron chi connectivity index (χ3n) is 6.14. The van der Waals surface area contributed by atoms with Crippen LogP contribution in [0.2, 0.25) is 0 Å². The second-order valence-corrected chi connectivity index (χ2v) is 8.76. The lowest BCUT2D eigenvalue weighted by Gasteiger charge is -2.39. The summed E-state index contributed by atoms with van der Waals surface area (Å²) in [6.45, 7) is 6.36. The van der Waals surface area contributed by atoms with Gasteiger partial charge in [0, 0.05) is 41.6 Å². The molecule has 30 heavy (non-hydrogen) atoms. The second kappa shape index (κ2) is 7.05. The topological polar surface area (TPSA) is 76.2 Å². The fraction of sp³-hybridized carbons (Fsp3) is 0.455. The van der Waals surface area contributed by atoms with Crippen molar-refractivity contribution >= 4 is 22.6 Å². The van der Waals surface area contributed by atoms with Crippen LogP contribution < -0.4 is 5.32 Å². The van der Waals surface area contributed by atoms with Gasteiger partial charge in [0.15, 0.2) is 5.65 Å². The van der Waals surface area contributed by atoms with Crippen molar-refractivity contribution in [1.29, 1.82) is 0 Å². The van der Waals surface area contributed by atoms with Gasteiger partial charge in [-0.3, -0.25) is 0 Å². The SMILES string of the molecule is Cc1nc2ncc(-c3ccn4nc(NC5CC(N(C)C)C5)ncc34)cc2n1C(C)C. The van der Waals surface area contributed by atoms with Crippen LogP contribution in [0.1, 0.15) is 38.6 Å². The number of hydrogen-bond acceptors (Lipinski definition) is 6. The van der Waals surface area contributed by atoms with E-state index in [0.717, 1.165) is 46.5 Å². The van der Waals surface area contributed by atoms with E-state index in [-0.39, 0.29) is 0 Å². The molecule has 1 N–H and O–H groups in total. The van der Waals surface area contributed by atoms with Crippen LogP contribution >= 0.6 is 0 Å². The summed E-state index contributed by atoms with van der Waals surface area (Å²) in [6.07, 6.45) is 8.01. The fourth-order valence-corrected chi connectivity index (χ4v) is 4.41. The van der Waals surface area contributed by atoms with E-state index in [1.165, 1.54) is 0 Å². The summed E-state index contributed by atoms with van der Waals surface area (Å²) in [4.78, 5) is 16.1. The van der Waals surface area contributed by atoms with Crippen molar-refractivity contribution in [3.63, 3.8) is 0 Å². The zero-order chi connectivity index (χ0) is 21.0. The van der Waals surface area contributed by atoms with Gasteiger partial charge >= 0.3 is 0 Å². The second-order valence-electron chi connectivity index (χ2n) is 8.76. The van der Waals surface area contributed by atoms with E-state index in [4.69, 9.17) is 0 Å². The third-order valence-corrected chi connectivity index (χ3v) is 6.14. The summed E-state index contributed by atoms with van der Waals surface area (Å²) in [7, 11) is 4.26. The van der Waals surface area contributed by atoms with E-state index >= 15 is 0 Å². The molecule has 5 rings (SSSR count). The average Bonchev–Trinajstić information content (AvgIpc) is 3.22. The molecule has 1 aliphatic rings. The maximum Gasteiger partial charge on any atom is 0.241 e. The van der Waals surface area contributed by atoms with E-state index in [2.05, 4.69) is 74.9 Å². The lowest BCUT2D eigenvalue weighted by atomic mass is 9.86. The number of imidazole rings is 1.